The van der Waals surface area contributed by atoms with E-state index < -0.39 is 0 Å². The molecule has 1 atom stereocenters. The highest BCUT2D eigenvalue weighted by Crippen LogP contribution is 2.29. The number of rotatable bonds is 5. The molecule has 5 heteroatoms. The first-order chi connectivity index (χ1) is 15.3. The number of pyridine rings is 1. The fraction of sp³-hybridized carbons (Fsp3) is 0.192. The second-order valence-electron chi connectivity index (χ2n) is 7.87. The van der Waals surface area contributed by atoms with E-state index in [0.29, 0.717) is 10.9 Å². The van der Waals surface area contributed by atoms with E-state index >= 15 is 0 Å². The average Bonchev–Trinajstić information content (AvgIpc) is 2.99. The molecule has 3 heterocycles. The number of allylic oxidation sites excluding steroid dienone is 1. The zero-order chi connectivity index (χ0) is 21.0. The maximum absolute atomic E-state index is 6.11. The number of benzene rings is 2. The minimum atomic E-state index is 0.552. The number of hydrogen-bond acceptors (Lipinski definition) is 3. The van der Waals surface area contributed by atoms with Gasteiger partial charge in [0, 0.05) is 34.9 Å². The van der Waals surface area contributed by atoms with Gasteiger partial charge in [-0.25, -0.2) is 4.98 Å². The Balaban J connectivity index is 1.44. The van der Waals surface area contributed by atoms with Crippen molar-refractivity contribution in [2.45, 2.75) is 25.7 Å². The summed E-state index contributed by atoms with van der Waals surface area (Å²) in [5, 5.41) is 0.715. The van der Waals surface area contributed by atoms with Crippen molar-refractivity contribution in [2.75, 3.05) is 0 Å². The van der Waals surface area contributed by atoms with Crippen molar-refractivity contribution >= 4 is 28.8 Å². The van der Waals surface area contributed by atoms with Gasteiger partial charge in [0.15, 0.2) is 0 Å². The van der Waals surface area contributed by atoms with Gasteiger partial charge in [-0.3, -0.25) is 14.5 Å². The summed E-state index contributed by atoms with van der Waals surface area (Å²) in [4.78, 5) is 13.6. The molecule has 1 aliphatic heterocycles. The van der Waals surface area contributed by atoms with E-state index in [4.69, 9.17) is 16.6 Å². The number of aliphatic imine (C=N–C) groups is 1. The lowest BCUT2D eigenvalue weighted by molar-refractivity contribution is 0.594. The van der Waals surface area contributed by atoms with Gasteiger partial charge in [-0.1, -0.05) is 41.9 Å². The summed E-state index contributed by atoms with van der Waals surface area (Å²) >= 11 is 6.11. The normalized spacial score (nSPS) is 16.0. The Morgan fingerprint density at radius 3 is 2.68 bits per heavy atom. The van der Waals surface area contributed by atoms with E-state index in [0.717, 1.165) is 47.4 Å². The van der Waals surface area contributed by atoms with Gasteiger partial charge in [0.1, 0.15) is 5.82 Å². The largest absolute Gasteiger partial charge is 0.291 e. The highest BCUT2D eigenvalue weighted by Gasteiger charge is 2.15. The Hall–Kier alpha value is -3.24. The molecule has 0 amide bonds. The summed E-state index contributed by atoms with van der Waals surface area (Å²) in [6, 6.07) is 18.5. The molecule has 4 aromatic rings. The fourth-order valence-corrected chi connectivity index (χ4v) is 4.18. The third-order valence-corrected chi connectivity index (χ3v) is 6.00. The van der Waals surface area contributed by atoms with Crippen molar-refractivity contribution in [3.63, 3.8) is 0 Å². The minimum Gasteiger partial charge on any atom is -0.291 e. The Bertz CT molecular complexity index is 1240. The molecule has 0 fully saturated rings. The van der Waals surface area contributed by atoms with E-state index in [-0.39, 0.29) is 0 Å². The molecule has 5 rings (SSSR count). The first-order valence-corrected chi connectivity index (χ1v) is 11.0. The van der Waals surface area contributed by atoms with Crippen LogP contribution in [0.5, 0.6) is 0 Å². The molecule has 0 radical (unpaired) electrons. The molecule has 2 aromatic carbocycles. The second-order valence-corrected chi connectivity index (χ2v) is 8.30. The number of hydrogen-bond donors (Lipinski definition) is 0. The monoisotopic (exact) mass is 426 g/mol. The van der Waals surface area contributed by atoms with E-state index in [9.17, 15) is 0 Å². The third-order valence-electron chi connectivity index (χ3n) is 5.75. The second kappa shape index (κ2) is 8.86. The van der Waals surface area contributed by atoms with Gasteiger partial charge in [0.2, 0.25) is 0 Å². The van der Waals surface area contributed by atoms with Gasteiger partial charge in [-0.15, -0.1) is 0 Å². The molecule has 31 heavy (non-hydrogen) atoms. The molecule has 0 saturated heterocycles. The van der Waals surface area contributed by atoms with Gasteiger partial charge in [-0.2, -0.15) is 0 Å². The van der Waals surface area contributed by atoms with Gasteiger partial charge in [-0.05, 0) is 67.5 Å². The van der Waals surface area contributed by atoms with E-state index in [1.54, 1.807) is 6.20 Å². The average molecular weight is 427 g/mol. The summed E-state index contributed by atoms with van der Waals surface area (Å²) in [5.74, 6) is 1.45. The van der Waals surface area contributed by atoms with Gasteiger partial charge >= 0.3 is 0 Å². The van der Waals surface area contributed by atoms with Crippen molar-refractivity contribution in [1.82, 2.24) is 14.5 Å². The SMILES string of the molecule is Clc1ccc(-n2c(-c3ccc(CCC4C=NC=CCC4)cc3)nc3ccncc32)cc1. The van der Waals surface area contributed by atoms with Crippen LogP contribution in [-0.4, -0.2) is 20.7 Å². The zero-order valence-electron chi connectivity index (χ0n) is 17.2. The number of imidazole rings is 1. The Morgan fingerprint density at radius 2 is 1.84 bits per heavy atom. The van der Waals surface area contributed by atoms with Gasteiger partial charge in [0.05, 0.1) is 17.2 Å². The first kappa shape index (κ1) is 19.7. The Labute approximate surface area is 187 Å². The summed E-state index contributed by atoms with van der Waals surface area (Å²) in [5.41, 5.74) is 5.33. The topological polar surface area (TPSA) is 43.1 Å². The predicted octanol–water partition coefficient (Wildman–Crippen LogP) is 6.67. The summed E-state index contributed by atoms with van der Waals surface area (Å²) < 4.78 is 2.14. The van der Waals surface area contributed by atoms with Crippen LogP contribution in [0.3, 0.4) is 0 Å². The third kappa shape index (κ3) is 4.30. The van der Waals surface area contributed by atoms with Crippen LogP contribution in [0.15, 0.2) is 84.3 Å². The molecule has 154 valence electrons. The number of aromatic nitrogens is 3. The van der Waals surface area contributed by atoms with Crippen LogP contribution >= 0.6 is 11.6 Å². The number of fused-ring (bicyclic) bond motifs is 1. The molecule has 0 spiro atoms. The molecule has 0 aliphatic carbocycles. The Kier molecular flexibility index (Phi) is 5.63. The summed E-state index contributed by atoms with van der Waals surface area (Å²) in [6.45, 7) is 0. The van der Waals surface area contributed by atoms with E-state index in [1.165, 1.54) is 12.0 Å². The van der Waals surface area contributed by atoms with Crippen LogP contribution < -0.4 is 0 Å². The van der Waals surface area contributed by atoms with Crippen molar-refractivity contribution < 1.29 is 0 Å². The fourth-order valence-electron chi connectivity index (χ4n) is 4.05. The number of nitrogens with zero attached hydrogens (tertiary/aromatic N) is 4. The molecule has 4 nitrogen and oxygen atoms in total. The molecule has 0 bridgehead atoms. The van der Waals surface area contributed by atoms with Crippen LogP contribution in [0, 0.1) is 5.92 Å². The maximum atomic E-state index is 6.11. The van der Waals surface area contributed by atoms with Crippen LogP contribution in [0.2, 0.25) is 5.02 Å². The molecule has 1 unspecified atom stereocenters. The van der Waals surface area contributed by atoms with Crippen molar-refractivity contribution in [2.24, 2.45) is 10.9 Å². The van der Waals surface area contributed by atoms with Crippen LogP contribution in [0.1, 0.15) is 24.8 Å². The maximum Gasteiger partial charge on any atom is 0.145 e. The lowest BCUT2D eigenvalue weighted by atomic mass is 9.96. The molecule has 0 N–H and O–H groups in total. The molecule has 1 aliphatic rings. The molecular weight excluding hydrogens is 404 g/mol. The molecule has 2 aromatic heterocycles. The number of aryl methyl sites for hydroxylation is 1. The predicted molar refractivity (Wildman–Crippen MR) is 128 cm³/mol. The Morgan fingerprint density at radius 1 is 1.00 bits per heavy atom. The minimum absolute atomic E-state index is 0.552. The van der Waals surface area contributed by atoms with Crippen molar-refractivity contribution in [1.29, 1.82) is 0 Å². The van der Waals surface area contributed by atoms with Crippen molar-refractivity contribution in [3.8, 4) is 17.1 Å². The van der Waals surface area contributed by atoms with Crippen LogP contribution in [0.25, 0.3) is 28.1 Å². The van der Waals surface area contributed by atoms with E-state index in [1.807, 2.05) is 42.7 Å². The van der Waals surface area contributed by atoms with Gasteiger partial charge < -0.3 is 0 Å². The lowest BCUT2D eigenvalue weighted by Gasteiger charge is -2.11. The molecular formula is C26H23ClN4. The van der Waals surface area contributed by atoms with Crippen LogP contribution in [0.4, 0.5) is 0 Å². The first-order valence-electron chi connectivity index (χ1n) is 10.6. The highest BCUT2D eigenvalue weighted by atomic mass is 35.5. The summed E-state index contributed by atoms with van der Waals surface area (Å²) in [7, 11) is 0. The van der Waals surface area contributed by atoms with Crippen molar-refractivity contribution in [3.05, 3.63) is 89.9 Å². The lowest BCUT2D eigenvalue weighted by Crippen LogP contribution is -2.03. The quantitative estimate of drug-likeness (QED) is 0.357. The summed E-state index contributed by atoms with van der Waals surface area (Å²) in [6.07, 6.45) is 14.3. The zero-order valence-corrected chi connectivity index (χ0v) is 17.9. The van der Waals surface area contributed by atoms with Crippen LogP contribution in [-0.2, 0) is 6.42 Å². The number of halogens is 1. The highest BCUT2D eigenvalue weighted by molar-refractivity contribution is 6.30. The standard InChI is InChI=1S/C26H23ClN4/c27-22-10-12-23(13-11-22)31-25-18-29-16-14-24(25)30-26(31)21-8-6-19(7-9-21)4-5-20-3-1-2-15-28-17-20/h2,6-18,20H,1,3-5H2. The smallest absolute Gasteiger partial charge is 0.145 e. The molecule has 0 saturated carbocycles. The van der Waals surface area contributed by atoms with E-state index in [2.05, 4.69) is 51.1 Å². The van der Waals surface area contributed by atoms with Gasteiger partial charge in [0.25, 0.3) is 0 Å².